The van der Waals surface area contributed by atoms with E-state index in [2.05, 4.69) is 0 Å². The highest BCUT2D eigenvalue weighted by Gasteiger charge is 2.17. The number of nitriles is 1. The van der Waals surface area contributed by atoms with E-state index >= 15 is 0 Å². The molecule has 1 N–H and O–H groups in total. The molecule has 0 fully saturated rings. The lowest BCUT2D eigenvalue weighted by Crippen LogP contribution is -2.06. The van der Waals surface area contributed by atoms with Crippen LogP contribution < -0.4 is 10.4 Å². The van der Waals surface area contributed by atoms with Crippen molar-refractivity contribution in [2.24, 2.45) is 0 Å². The van der Waals surface area contributed by atoms with Gasteiger partial charge in [0.15, 0.2) is 11.3 Å². The largest absolute Gasteiger partial charge is 0.505 e. The lowest BCUT2D eigenvalue weighted by molar-refractivity contribution is 0.324. The molecule has 0 saturated carbocycles. The third kappa shape index (κ3) is 2.87. The number of benzene rings is 2. The second kappa shape index (κ2) is 6.24. The molecule has 23 heavy (non-hydrogen) atoms. The van der Waals surface area contributed by atoms with Gasteiger partial charge in [0, 0.05) is 6.42 Å². The van der Waals surface area contributed by atoms with Crippen molar-refractivity contribution < 1.29 is 14.3 Å². The molecule has 0 radical (unpaired) electrons. The highest BCUT2D eigenvalue weighted by Crippen LogP contribution is 2.34. The van der Waals surface area contributed by atoms with E-state index in [0.29, 0.717) is 18.8 Å². The van der Waals surface area contributed by atoms with Crippen LogP contribution in [0.5, 0.6) is 11.5 Å². The van der Waals surface area contributed by atoms with Gasteiger partial charge < -0.3 is 14.3 Å². The third-order valence-electron chi connectivity index (χ3n) is 3.47. The lowest BCUT2D eigenvalue weighted by atomic mass is 10.1. The average Bonchev–Trinajstić information content (AvgIpc) is 2.56. The Kier molecular flexibility index (Phi) is 3.98. The second-order valence-electron chi connectivity index (χ2n) is 4.94. The first-order valence-electron chi connectivity index (χ1n) is 7.06. The third-order valence-corrected chi connectivity index (χ3v) is 3.47. The molecular formula is C18H13NO4. The van der Waals surface area contributed by atoms with Gasteiger partial charge in [0.05, 0.1) is 6.61 Å². The Morgan fingerprint density at radius 3 is 2.65 bits per heavy atom. The molecule has 3 aromatic rings. The Hall–Kier alpha value is -3.26. The van der Waals surface area contributed by atoms with Gasteiger partial charge in [-0.15, -0.1) is 0 Å². The Bertz CT molecular complexity index is 939. The molecule has 0 saturated heterocycles. The summed E-state index contributed by atoms with van der Waals surface area (Å²) in [4.78, 5) is 11.6. The van der Waals surface area contributed by atoms with Gasteiger partial charge in [-0.1, -0.05) is 36.4 Å². The molecule has 1 aromatic heterocycles. The molecule has 3 rings (SSSR count). The standard InChI is InChI=1S/C18H13NO4/c19-11-13-17(20)16-14(7-4-8-15(16)23-18(13)21)22-10-9-12-5-2-1-3-6-12/h1-8,20H,9-10H2. The fraction of sp³-hybridized carbons (Fsp3) is 0.111. The number of rotatable bonds is 4. The lowest BCUT2D eigenvalue weighted by Gasteiger charge is -2.10. The highest BCUT2D eigenvalue weighted by molar-refractivity contribution is 5.90. The summed E-state index contributed by atoms with van der Waals surface area (Å²) in [7, 11) is 0. The quantitative estimate of drug-likeness (QED) is 0.749. The van der Waals surface area contributed by atoms with Crippen LogP contribution in [-0.4, -0.2) is 11.7 Å². The van der Waals surface area contributed by atoms with Crippen LogP contribution in [0.1, 0.15) is 11.1 Å². The van der Waals surface area contributed by atoms with E-state index in [0.717, 1.165) is 5.56 Å². The van der Waals surface area contributed by atoms with Crippen LogP contribution in [0.3, 0.4) is 0 Å². The molecule has 0 spiro atoms. The SMILES string of the molecule is N#Cc1c(O)c2c(OCCc3ccccc3)cccc2oc1=O. The van der Waals surface area contributed by atoms with Gasteiger partial charge in [0.1, 0.15) is 22.8 Å². The summed E-state index contributed by atoms with van der Waals surface area (Å²) < 4.78 is 10.8. The summed E-state index contributed by atoms with van der Waals surface area (Å²) in [5, 5.41) is 19.4. The van der Waals surface area contributed by atoms with E-state index in [1.807, 2.05) is 30.3 Å². The zero-order valence-electron chi connectivity index (χ0n) is 12.2. The van der Waals surface area contributed by atoms with Crippen molar-refractivity contribution in [3.05, 3.63) is 70.1 Å². The minimum absolute atomic E-state index is 0.184. The van der Waals surface area contributed by atoms with Crippen LogP contribution >= 0.6 is 0 Å². The van der Waals surface area contributed by atoms with Crippen molar-refractivity contribution in [1.82, 2.24) is 0 Å². The zero-order valence-corrected chi connectivity index (χ0v) is 12.2. The van der Waals surface area contributed by atoms with E-state index in [9.17, 15) is 9.90 Å². The van der Waals surface area contributed by atoms with E-state index in [-0.39, 0.29) is 11.0 Å². The smallest absolute Gasteiger partial charge is 0.358 e. The molecule has 0 aliphatic heterocycles. The van der Waals surface area contributed by atoms with Gasteiger partial charge in [0.25, 0.3) is 0 Å². The molecule has 0 atom stereocenters. The van der Waals surface area contributed by atoms with Crippen molar-refractivity contribution in [3.8, 4) is 17.6 Å². The monoisotopic (exact) mass is 307 g/mol. The summed E-state index contributed by atoms with van der Waals surface area (Å²) in [6.45, 7) is 0.392. The topological polar surface area (TPSA) is 83.5 Å². The Morgan fingerprint density at radius 2 is 1.91 bits per heavy atom. The summed E-state index contributed by atoms with van der Waals surface area (Å²) in [5.41, 5.74) is 0.0282. The van der Waals surface area contributed by atoms with Gasteiger partial charge >= 0.3 is 5.63 Å². The van der Waals surface area contributed by atoms with Gasteiger partial charge in [-0.3, -0.25) is 0 Å². The van der Waals surface area contributed by atoms with Crippen LogP contribution in [0.4, 0.5) is 0 Å². The fourth-order valence-electron chi connectivity index (χ4n) is 2.34. The average molecular weight is 307 g/mol. The fourth-order valence-corrected chi connectivity index (χ4v) is 2.34. The molecule has 2 aromatic carbocycles. The maximum Gasteiger partial charge on any atom is 0.358 e. The Labute approximate surface area is 132 Å². The molecule has 1 heterocycles. The molecule has 0 aliphatic rings. The van der Waals surface area contributed by atoms with Crippen LogP contribution in [0.2, 0.25) is 0 Å². The molecule has 0 amide bonds. The van der Waals surface area contributed by atoms with Crippen LogP contribution in [-0.2, 0) is 6.42 Å². The van der Waals surface area contributed by atoms with Gasteiger partial charge in [-0.25, -0.2) is 4.79 Å². The van der Waals surface area contributed by atoms with E-state index in [1.54, 1.807) is 24.3 Å². The number of nitrogens with zero attached hydrogens (tertiary/aromatic N) is 1. The van der Waals surface area contributed by atoms with Crippen molar-refractivity contribution in [2.75, 3.05) is 6.61 Å². The molecule has 0 bridgehead atoms. The molecule has 5 nitrogen and oxygen atoms in total. The van der Waals surface area contributed by atoms with Gasteiger partial charge in [0.2, 0.25) is 0 Å². The molecule has 0 unspecified atom stereocenters. The highest BCUT2D eigenvalue weighted by atomic mass is 16.5. The maximum atomic E-state index is 11.6. The van der Waals surface area contributed by atoms with E-state index < -0.39 is 16.9 Å². The summed E-state index contributed by atoms with van der Waals surface area (Å²) in [6, 6.07) is 16.4. The normalized spacial score (nSPS) is 10.4. The van der Waals surface area contributed by atoms with Crippen molar-refractivity contribution in [1.29, 1.82) is 5.26 Å². The number of aromatic hydroxyl groups is 1. The predicted octanol–water partition coefficient (Wildman–Crippen LogP) is 2.99. The van der Waals surface area contributed by atoms with Crippen molar-refractivity contribution in [3.63, 3.8) is 0 Å². The first-order valence-corrected chi connectivity index (χ1v) is 7.06. The van der Waals surface area contributed by atoms with Crippen LogP contribution in [0.25, 0.3) is 11.0 Å². The first kappa shape index (κ1) is 14.7. The van der Waals surface area contributed by atoms with E-state index in [4.69, 9.17) is 14.4 Å². The van der Waals surface area contributed by atoms with Gasteiger partial charge in [-0.2, -0.15) is 5.26 Å². The molecule has 0 aliphatic carbocycles. The van der Waals surface area contributed by atoms with Crippen LogP contribution in [0.15, 0.2) is 57.7 Å². The number of fused-ring (bicyclic) bond motifs is 1. The zero-order chi connectivity index (χ0) is 16.2. The molecular weight excluding hydrogens is 294 g/mol. The predicted molar refractivity (Wildman–Crippen MR) is 84.5 cm³/mol. The molecule has 5 heteroatoms. The maximum absolute atomic E-state index is 11.6. The Morgan fingerprint density at radius 1 is 1.13 bits per heavy atom. The van der Waals surface area contributed by atoms with Gasteiger partial charge in [-0.05, 0) is 17.7 Å². The number of hydrogen-bond acceptors (Lipinski definition) is 5. The summed E-state index contributed by atoms with van der Waals surface area (Å²) >= 11 is 0. The summed E-state index contributed by atoms with van der Waals surface area (Å²) in [6.07, 6.45) is 0.694. The van der Waals surface area contributed by atoms with Crippen LogP contribution in [0, 0.1) is 11.3 Å². The number of ether oxygens (including phenoxy) is 1. The molecule has 114 valence electrons. The number of hydrogen-bond donors (Lipinski definition) is 1. The van der Waals surface area contributed by atoms with Crippen molar-refractivity contribution in [2.45, 2.75) is 6.42 Å². The minimum Gasteiger partial charge on any atom is -0.505 e. The Balaban J connectivity index is 1.92. The van der Waals surface area contributed by atoms with E-state index in [1.165, 1.54) is 0 Å². The second-order valence-corrected chi connectivity index (χ2v) is 4.94. The summed E-state index contributed by atoms with van der Waals surface area (Å²) in [5.74, 6) is -0.0368. The van der Waals surface area contributed by atoms with Crippen molar-refractivity contribution >= 4 is 11.0 Å². The minimum atomic E-state index is -0.862. The first-order chi connectivity index (χ1) is 11.2.